The minimum Gasteiger partial charge on any atom is -0.507 e. The van der Waals surface area contributed by atoms with E-state index < -0.39 is 4.92 Å². The van der Waals surface area contributed by atoms with Crippen molar-refractivity contribution in [3.05, 3.63) is 139 Å². The number of rotatable bonds is 12. The number of aromatic hydroxyl groups is 1. The van der Waals surface area contributed by atoms with E-state index >= 15 is 0 Å². The normalized spacial score (nSPS) is 17.3. The van der Waals surface area contributed by atoms with E-state index in [1.165, 1.54) is 41.5 Å². The number of nitrogens with zero attached hydrogens (tertiary/aromatic N) is 6. The summed E-state index contributed by atoms with van der Waals surface area (Å²) >= 11 is 0. The average molecular weight is 714 g/mol. The summed E-state index contributed by atoms with van der Waals surface area (Å²) in [5.74, 6) is 2.15. The molecule has 11 heteroatoms. The second-order valence-corrected chi connectivity index (χ2v) is 12.3. The Morgan fingerprint density at radius 1 is 0.940 bits per heavy atom. The first kappa shape index (κ1) is 37.7. The Morgan fingerprint density at radius 2 is 1.60 bits per heavy atom. The number of nitrogens with one attached hydrogen (secondary N) is 1. The molecule has 0 amide bonds. The minimum atomic E-state index is -0.474. The molecule has 10 nitrogen and oxygen atoms in total. The topological polar surface area (TPSA) is 112 Å². The molecule has 2 N–H and O–H groups in total. The van der Waals surface area contributed by atoms with Gasteiger partial charge in [-0.2, -0.15) is 0 Å². The number of phenolic OH excluding ortho intramolecular Hbond substituents is 1. The fraction of sp³-hybridized carbons (Fsp3) is 0.282. The molecule has 2 aromatic carbocycles. The molecule has 0 atom stereocenters. The first-order valence-corrected chi connectivity index (χ1v) is 16.9. The second kappa shape index (κ2) is 18.7. The van der Waals surface area contributed by atoms with E-state index in [9.17, 15) is 15.2 Å². The SMILES string of the molecule is Cc1cn2c(c(NCCCN3CCN(CCCN=Cc4cc([N+](=O)[O-])ccc4O)CC3)nc3ccccc32)c1[C]1[CH][CH][CH][CH]1.[CH]1[CH][CH][CH][CH]1.[Fe+2]. The van der Waals surface area contributed by atoms with Crippen LogP contribution in [0.15, 0.2) is 53.7 Å². The molecule has 2 aliphatic carbocycles. The monoisotopic (exact) mass is 713 g/mol. The number of aromatic nitrogens is 2. The summed E-state index contributed by atoms with van der Waals surface area (Å²) in [6.45, 7) is 9.78. The zero-order valence-electron chi connectivity index (χ0n) is 28.3. The number of benzene rings is 2. The van der Waals surface area contributed by atoms with Crippen LogP contribution in [0.25, 0.3) is 16.6 Å². The zero-order chi connectivity index (χ0) is 34.0. The van der Waals surface area contributed by atoms with Crippen LogP contribution in [0.3, 0.4) is 0 Å². The quantitative estimate of drug-likeness (QED) is 0.0600. The van der Waals surface area contributed by atoms with Crippen molar-refractivity contribution in [3.8, 4) is 5.75 Å². The molecule has 2 aromatic heterocycles. The summed E-state index contributed by atoms with van der Waals surface area (Å²) in [5.41, 5.74) is 6.01. The van der Waals surface area contributed by atoms with E-state index in [1.54, 1.807) is 0 Å². The van der Waals surface area contributed by atoms with Crippen molar-refractivity contribution in [3.63, 3.8) is 0 Å². The maximum atomic E-state index is 11.0. The third-order valence-corrected chi connectivity index (χ3v) is 8.92. The minimum absolute atomic E-state index is 0. The molecule has 0 spiro atoms. The number of aliphatic imine (C=N–C) groups is 1. The van der Waals surface area contributed by atoms with Crippen molar-refractivity contribution in [1.82, 2.24) is 19.2 Å². The van der Waals surface area contributed by atoms with Gasteiger partial charge in [-0.1, -0.05) is 12.1 Å². The predicted molar refractivity (Wildman–Crippen MR) is 196 cm³/mol. The van der Waals surface area contributed by atoms with Crippen LogP contribution in [0.4, 0.5) is 11.5 Å². The first-order valence-electron chi connectivity index (χ1n) is 16.9. The van der Waals surface area contributed by atoms with Gasteiger partial charge in [0.05, 0.1) is 21.5 Å². The number of non-ortho nitro benzene ring substituents is 1. The predicted octanol–water partition coefficient (Wildman–Crippen LogP) is 6.11. The molecular formula is C39H43FeN7O3+2. The summed E-state index contributed by atoms with van der Waals surface area (Å²) < 4.78 is 2.28. The van der Waals surface area contributed by atoms with Crippen molar-refractivity contribution < 1.29 is 27.1 Å². The van der Waals surface area contributed by atoms with Gasteiger partial charge in [0.15, 0.2) is 5.82 Å². The number of anilines is 1. The Morgan fingerprint density at radius 3 is 2.28 bits per heavy atom. The molecule has 258 valence electrons. The molecule has 50 heavy (non-hydrogen) atoms. The number of fused-ring (bicyclic) bond motifs is 3. The molecule has 10 radical (unpaired) electrons. The number of nitro benzene ring substituents is 1. The van der Waals surface area contributed by atoms with Crippen LogP contribution in [-0.4, -0.2) is 87.8 Å². The fourth-order valence-electron chi connectivity index (χ4n) is 6.39. The number of nitro groups is 1. The van der Waals surface area contributed by atoms with Gasteiger partial charge in [0.25, 0.3) is 5.69 Å². The number of para-hydroxylation sites is 2. The van der Waals surface area contributed by atoms with E-state index in [4.69, 9.17) is 4.98 Å². The van der Waals surface area contributed by atoms with E-state index in [0.29, 0.717) is 12.1 Å². The van der Waals surface area contributed by atoms with Gasteiger partial charge in [-0.3, -0.25) is 15.1 Å². The molecule has 3 heterocycles. The van der Waals surface area contributed by atoms with Crippen LogP contribution in [0.1, 0.15) is 29.5 Å². The zero-order valence-corrected chi connectivity index (χ0v) is 29.4. The molecule has 2 saturated carbocycles. The van der Waals surface area contributed by atoms with Gasteiger partial charge in [-0.25, -0.2) is 4.98 Å². The number of aryl methyl sites for hydroxylation is 1. The Bertz CT molecular complexity index is 1720. The molecule has 0 bridgehead atoms. The molecular weight excluding hydrogens is 670 g/mol. The van der Waals surface area contributed by atoms with Crippen LogP contribution < -0.4 is 5.32 Å². The summed E-state index contributed by atoms with van der Waals surface area (Å²) in [6, 6.07) is 12.3. The van der Waals surface area contributed by atoms with Crippen LogP contribution in [-0.2, 0) is 17.1 Å². The van der Waals surface area contributed by atoms with E-state index in [2.05, 4.69) is 81.5 Å². The smallest absolute Gasteiger partial charge is 0.507 e. The number of hydrogen-bond donors (Lipinski definition) is 2. The fourth-order valence-corrected chi connectivity index (χ4v) is 6.39. The van der Waals surface area contributed by atoms with Gasteiger partial charge in [0, 0.05) is 75.3 Å². The number of phenols is 1. The molecule has 3 aliphatic rings. The Balaban J connectivity index is 0.000000745. The van der Waals surface area contributed by atoms with Gasteiger partial charge >= 0.3 is 17.1 Å². The maximum Gasteiger partial charge on any atom is 2.00 e. The van der Waals surface area contributed by atoms with E-state index in [1.807, 2.05) is 38.2 Å². The standard InChI is InChI=1S/C34H38N7O3.C5H5.Fe/c1-25-24-40-30-11-5-4-10-29(30)37-34(33(40)32(25)26-8-2-3-9-26)36-15-7-17-39-20-18-38(19-21-39)16-6-14-35-23-27-22-28(41(43)44)12-13-31(27)42;1-2-4-5-3-1;/h2-5,8-13,22-24,42H,6-7,14-21H2,1H3,(H,36,37);1-5H;/q;;+2. The van der Waals surface area contributed by atoms with Crippen molar-refractivity contribution in [1.29, 1.82) is 0 Å². The van der Waals surface area contributed by atoms with Crippen molar-refractivity contribution in [2.75, 3.05) is 57.7 Å². The molecule has 4 aromatic rings. The van der Waals surface area contributed by atoms with Crippen LogP contribution in [0.2, 0.25) is 0 Å². The average Bonchev–Trinajstić information content (AvgIpc) is 3.92. The van der Waals surface area contributed by atoms with Crippen LogP contribution in [0.5, 0.6) is 5.75 Å². The van der Waals surface area contributed by atoms with Crippen molar-refractivity contribution >= 4 is 34.3 Å². The largest absolute Gasteiger partial charge is 2.00 e. The van der Waals surface area contributed by atoms with Crippen molar-refractivity contribution in [2.45, 2.75) is 19.8 Å². The number of piperazine rings is 1. The third-order valence-electron chi connectivity index (χ3n) is 8.92. The molecule has 7 rings (SSSR count). The molecule has 0 unspecified atom stereocenters. The van der Waals surface area contributed by atoms with E-state index in [0.717, 1.165) is 81.0 Å². The number of hydrogen-bond acceptors (Lipinski definition) is 8. The summed E-state index contributed by atoms with van der Waals surface area (Å²) in [4.78, 5) is 24.9. The Hall–Kier alpha value is -3.50. The van der Waals surface area contributed by atoms with Crippen LogP contribution >= 0.6 is 0 Å². The third kappa shape index (κ3) is 9.63. The molecule has 1 saturated heterocycles. The van der Waals surface area contributed by atoms with Gasteiger partial charge in [0.2, 0.25) is 0 Å². The molecule has 1 aliphatic heterocycles. The van der Waals surface area contributed by atoms with Crippen molar-refractivity contribution in [2.24, 2.45) is 4.99 Å². The second-order valence-electron chi connectivity index (χ2n) is 12.3. The van der Waals surface area contributed by atoms with Gasteiger partial charge in [-0.15, -0.1) is 0 Å². The Kier molecular flexibility index (Phi) is 14.1. The van der Waals surface area contributed by atoms with Gasteiger partial charge < -0.3 is 24.6 Å². The summed E-state index contributed by atoms with van der Waals surface area (Å²) in [5, 5.41) is 24.6. The Labute approximate surface area is 307 Å². The first-order chi connectivity index (χ1) is 24.0. The van der Waals surface area contributed by atoms with Gasteiger partial charge in [0.1, 0.15) is 5.75 Å². The molecule has 3 fully saturated rings. The van der Waals surface area contributed by atoms with Gasteiger partial charge in [-0.05, 0) is 120 Å². The maximum absolute atomic E-state index is 11.0. The van der Waals surface area contributed by atoms with Crippen LogP contribution in [0, 0.1) is 80.7 Å². The summed E-state index contributed by atoms with van der Waals surface area (Å²) in [7, 11) is 0. The summed E-state index contributed by atoms with van der Waals surface area (Å²) in [6.07, 6.45) is 24.2. The van der Waals surface area contributed by atoms with E-state index in [-0.39, 0.29) is 28.5 Å².